The van der Waals surface area contributed by atoms with Gasteiger partial charge in [0.15, 0.2) is 0 Å². The Bertz CT molecular complexity index is 549. The maximum atomic E-state index is 13.1. The van der Waals surface area contributed by atoms with Crippen LogP contribution < -0.4 is 5.32 Å². The number of halogens is 2. The molecule has 0 heterocycles. The Morgan fingerprint density at radius 3 is 2.24 bits per heavy atom. The van der Waals surface area contributed by atoms with Gasteiger partial charge in [0.25, 0.3) is 0 Å². The van der Waals surface area contributed by atoms with Gasteiger partial charge in [-0.25, -0.2) is 8.78 Å². The Balaban J connectivity index is 1.88. The number of hydrogen-bond acceptors (Lipinski definition) is 2. The van der Waals surface area contributed by atoms with Crippen LogP contribution in [0, 0.1) is 11.6 Å². The van der Waals surface area contributed by atoms with E-state index < -0.39 is 11.6 Å². The summed E-state index contributed by atoms with van der Waals surface area (Å²) in [6, 6.07) is 11.9. The van der Waals surface area contributed by atoms with Crippen molar-refractivity contribution in [3.8, 4) is 0 Å². The predicted octanol–water partition coefficient (Wildman–Crippen LogP) is 4.76. The minimum absolute atomic E-state index is 0.525. The van der Waals surface area contributed by atoms with Gasteiger partial charge in [0, 0.05) is 23.3 Å². The van der Waals surface area contributed by atoms with E-state index in [1.54, 1.807) is 11.8 Å². The molecule has 112 valence electrons. The normalized spacial score (nSPS) is 10.8. The SMILES string of the molecule is CCCNCc1ccc(SCc2cc(F)cc(F)c2)cc1. The monoisotopic (exact) mass is 307 g/mol. The van der Waals surface area contributed by atoms with Crippen molar-refractivity contribution in [2.45, 2.75) is 30.5 Å². The highest BCUT2D eigenvalue weighted by molar-refractivity contribution is 7.98. The van der Waals surface area contributed by atoms with E-state index in [-0.39, 0.29) is 0 Å². The van der Waals surface area contributed by atoms with E-state index in [2.05, 4.69) is 24.4 Å². The zero-order chi connectivity index (χ0) is 15.1. The minimum atomic E-state index is -0.525. The molecule has 0 bridgehead atoms. The van der Waals surface area contributed by atoms with E-state index >= 15 is 0 Å². The van der Waals surface area contributed by atoms with Crippen molar-refractivity contribution in [3.63, 3.8) is 0 Å². The Hall–Kier alpha value is -1.39. The Morgan fingerprint density at radius 1 is 0.952 bits per heavy atom. The molecule has 0 atom stereocenters. The molecule has 0 radical (unpaired) electrons. The maximum Gasteiger partial charge on any atom is 0.126 e. The molecule has 0 aliphatic carbocycles. The summed E-state index contributed by atoms with van der Waals surface area (Å²) in [6.07, 6.45) is 1.12. The molecule has 0 saturated heterocycles. The third kappa shape index (κ3) is 5.48. The smallest absolute Gasteiger partial charge is 0.126 e. The predicted molar refractivity (Wildman–Crippen MR) is 84.4 cm³/mol. The van der Waals surface area contributed by atoms with Gasteiger partial charge < -0.3 is 5.32 Å². The van der Waals surface area contributed by atoms with Gasteiger partial charge in [-0.05, 0) is 48.4 Å². The Kier molecular flexibility index (Phi) is 6.21. The van der Waals surface area contributed by atoms with Crippen LogP contribution in [0.3, 0.4) is 0 Å². The summed E-state index contributed by atoms with van der Waals surface area (Å²) >= 11 is 1.57. The van der Waals surface area contributed by atoms with Gasteiger partial charge in [0.2, 0.25) is 0 Å². The summed E-state index contributed by atoms with van der Waals surface area (Å²) in [5.41, 5.74) is 1.90. The highest BCUT2D eigenvalue weighted by Crippen LogP contribution is 2.24. The Morgan fingerprint density at radius 2 is 1.62 bits per heavy atom. The molecule has 0 aliphatic rings. The van der Waals surface area contributed by atoms with Crippen molar-refractivity contribution in [2.24, 2.45) is 0 Å². The van der Waals surface area contributed by atoms with E-state index in [0.29, 0.717) is 11.3 Å². The first-order valence-corrected chi connectivity index (χ1v) is 8.03. The maximum absolute atomic E-state index is 13.1. The second kappa shape index (κ2) is 8.15. The fourth-order valence-corrected chi connectivity index (χ4v) is 2.80. The van der Waals surface area contributed by atoms with Crippen LogP contribution in [-0.2, 0) is 12.3 Å². The van der Waals surface area contributed by atoms with E-state index in [1.807, 2.05) is 12.1 Å². The van der Waals surface area contributed by atoms with Crippen LogP contribution in [-0.4, -0.2) is 6.54 Å². The highest BCUT2D eigenvalue weighted by Gasteiger charge is 2.02. The number of nitrogens with one attached hydrogen (secondary N) is 1. The lowest BCUT2D eigenvalue weighted by Crippen LogP contribution is -2.13. The van der Waals surface area contributed by atoms with Crippen LogP contribution >= 0.6 is 11.8 Å². The number of thioether (sulfide) groups is 1. The molecule has 2 aromatic rings. The molecule has 1 nitrogen and oxygen atoms in total. The standard InChI is InChI=1S/C17H19F2NS/c1-2-7-20-11-13-3-5-17(6-4-13)21-12-14-8-15(18)10-16(19)9-14/h3-6,8-10,20H,2,7,11-12H2,1H3. The minimum Gasteiger partial charge on any atom is -0.313 e. The molecule has 0 spiro atoms. The second-order valence-corrected chi connectivity index (χ2v) is 5.94. The molecular weight excluding hydrogens is 288 g/mol. The fraction of sp³-hybridized carbons (Fsp3) is 0.294. The molecule has 0 aliphatic heterocycles. The van der Waals surface area contributed by atoms with E-state index in [0.717, 1.165) is 30.5 Å². The zero-order valence-corrected chi connectivity index (χ0v) is 12.9. The quantitative estimate of drug-likeness (QED) is 0.585. The van der Waals surface area contributed by atoms with Crippen molar-refractivity contribution in [2.75, 3.05) is 6.54 Å². The van der Waals surface area contributed by atoms with Gasteiger partial charge in [-0.1, -0.05) is 19.1 Å². The van der Waals surface area contributed by atoms with Crippen LogP contribution in [0.4, 0.5) is 8.78 Å². The van der Waals surface area contributed by atoms with Crippen LogP contribution in [0.25, 0.3) is 0 Å². The van der Waals surface area contributed by atoms with Gasteiger partial charge >= 0.3 is 0 Å². The molecule has 4 heteroatoms. The van der Waals surface area contributed by atoms with Gasteiger partial charge in [0.05, 0.1) is 0 Å². The molecule has 0 amide bonds. The van der Waals surface area contributed by atoms with Gasteiger partial charge in [0.1, 0.15) is 11.6 Å². The van der Waals surface area contributed by atoms with Gasteiger partial charge in [-0.2, -0.15) is 0 Å². The molecule has 2 aromatic carbocycles. The topological polar surface area (TPSA) is 12.0 Å². The first kappa shape index (κ1) is 16.0. The van der Waals surface area contributed by atoms with Crippen LogP contribution in [0.5, 0.6) is 0 Å². The summed E-state index contributed by atoms with van der Waals surface area (Å²) in [6.45, 7) is 4.03. The van der Waals surface area contributed by atoms with Crippen molar-refractivity contribution in [1.29, 1.82) is 0 Å². The van der Waals surface area contributed by atoms with Crippen molar-refractivity contribution < 1.29 is 8.78 Å². The first-order chi connectivity index (χ1) is 10.2. The molecule has 2 rings (SSSR count). The lowest BCUT2D eigenvalue weighted by atomic mass is 10.2. The molecule has 1 N–H and O–H groups in total. The largest absolute Gasteiger partial charge is 0.313 e. The summed E-state index contributed by atoms with van der Waals surface area (Å²) in [7, 11) is 0. The van der Waals surface area contributed by atoms with E-state index in [9.17, 15) is 8.78 Å². The highest BCUT2D eigenvalue weighted by atomic mass is 32.2. The average Bonchev–Trinajstić information content (AvgIpc) is 2.46. The summed E-state index contributed by atoms with van der Waals surface area (Å²) < 4.78 is 26.2. The third-order valence-electron chi connectivity index (χ3n) is 3.01. The van der Waals surface area contributed by atoms with Crippen molar-refractivity contribution in [3.05, 3.63) is 65.2 Å². The molecule has 21 heavy (non-hydrogen) atoms. The molecule has 0 aromatic heterocycles. The lowest BCUT2D eigenvalue weighted by Gasteiger charge is -2.06. The summed E-state index contributed by atoms with van der Waals surface area (Å²) in [5.74, 6) is -0.492. The van der Waals surface area contributed by atoms with Crippen LogP contribution in [0.2, 0.25) is 0 Å². The van der Waals surface area contributed by atoms with Gasteiger partial charge in [-0.3, -0.25) is 0 Å². The zero-order valence-electron chi connectivity index (χ0n) is 12.0. The van der Waals surface area contributed by atoms with Crippen LogP contribution in [0.1, 0.15) is 24.5 Å². The van der Waals surface area contributed by atoms with E-state index in [4.69, 9.17) is 0 Å². The molecule has 0 unspecified atom stereocenters. The number of rotatable bonds is 7. The first-order valence-electron chi connectivity index (χ1n) is 7.05. The third-order valence-corrected chi connectivity index (χ3v) is 4.09. The van der Waals surface area contributed by atoms with E-state index in [1.165, 1.54) is 17.7 Å². The molecule has 0 saturated carbocycles. The molecule has 0 fully saturated rings. The fourth-order valence-electron chi connectivity index (χ4n) is 1.97. The van der Waals surface area contributed by atoms with Crippen molar-refractivity contribution >= 4 is 11.8 Å². The Labute approximate surface area is 128 Å². The lowest BCUT2D eigenvalue weighted by molar-refractivity contribution is 0.581. The van der Waals surface area contributed by atoms with Crippen LogP contribution in [0.15, 0.2) is 47.4 Å². The summed E-state index contributed by atoms with van der Waals surface area (Å²) in [4.78, 5) is 1.10. The number of benzene rings is 2. The second-order valence-electron chi connectivity index (χ2n) is 4.89. The summed E-state index contributed by atoms with van der Waals surface area (Å²) in [5, 5.41) is 3.35. The average molecular weight is 307 g/mol. The number of hydrogen-bond donors (Lipinski definition) is 1. The van der Waals surface area contributed by atoms with Gasteiger partial charge in [-0.15, -0.1) is 11.8 Å². The molecular formula is C17H19F2NS. The van der Waals surface area contributed by atoms with Crippen molar-refractivity contribution in [1.82, 2.24) is 5.32 Å².